The highest BCUT2D eigenvalue weighted by Gasteiger charge is 2.24. The first kappa shape index (κ1) is 27.2. The number of rotatable bonds is 9. The van der Waals surface area contributed by atoms with E-state index in [0.717, 1.165) is 39.2 Å². The van der Waals surface area contributed by atoms with Crippen molar-refractivity contribution < 1.29 is 19.0 Å². The fourth-order valence-electron chi connectivity index (χ4n) is 2.50. The normalized spacial score (nSPS) is 17.6. The quantitative estimate of drug-likeness (QED) is 0.190. The third kappa shape index (κ3) is 13.4. The molecule has 1 saturated heterocycles. The number of nitrogens with zero attached hydrogens (tertiary/aromatic N) is 1. The van der Waals surface area contributed by atoms with Gasteiger partial charge in [0, 0.05) is 39.3 Å². The molecule has 0 radical (unpaired) electrons. The number of hydrogen-bond donors (Lipinski definition) is 3. The summed E-state index contributed by atoms with van der Waals surface area (Å²) in [6, 6.07) is 0. The second kappa shape index (κ2) is 13.4. The van der Waals surface area contributed by atoms with E-state index in [1.165, 1.54) is 0 Å². The summed E-state index contributed by atoms with van der Waals surface area (Å²) < 4.78 is 16.3. The van der Waals surface area contributed by atoms with Crippen molar-refractivity contribution in [2.45, 2.75) is 58.6 Å². The van der Waals surface area contributed by atoms with E-state index >= 15 is 0 Å². The van der Waals surface area contributed by atoms with Crippen LogP contribution in [0.2, 0.25) is 0 Å². The minimum Gasteiger partial charge on any atom is -0.444 e. The summed E-state index contributed by atoms with van der Waals surface area (Å²) in [6.45, 7) is 13.8. The summed E-state index contributed by atoms with van der Waals surface area (Å²) in [4.78, 5) is 16.1. The molecule has 8 nitrogen and oxygen atoms in total. The molecule has 0 aliphatic carbocycles. The summed E-state index contributed by atoms with van der Waals surface area (Å²) >= 11 is 0. The number of ether oxygens (including phenoxy) is 3. The lowest BCUT2D eigenvalue weighted by Crippen LogP contribution is -2.54. The molecule has 0 aromatic heterocycles. The van der Waals surface area contributed by atoms with E-state index in [9.17, 15) is 4.79 Å². The van der Waals surface area contributed by atoms with Crippen molar-refractivity contribution in [1.82, 2.24) is 16.0 Å². The average Bonchev–Trinajstić information content (AvgIpc) is 3.04. The zero-order valence-electron chi connectivity index (χ0n) is 18.2. The number of alkyl carbamates (subject to hydrolysis) is 1. The Labute approximate surface area is 186 Å². The molecule has 1 aliphatic rings. The highest BCUT2D eigenvalue weighted by Crippen LogP contribution is 2.12. The van der Waals surface area contributed by atoms with Crippen LogP contribution in [-0.4, -0.2) is 69.8 Å². The molecule has 1 aliphatic heterocycles. The molecule has 1 unspecified atom stereocenters. The van der Waals surface area contributed by atoms with Crippen molar-refractivity contribution in [2.75, 3.05) is 46.6 Å². The topological polar surface area (TPSA) is 93.2 Å². The van der Waals surface area contributed by atoms with Crippen LogP contribution in [0, 0.1) is 5.92 Å². The van der Waals surface area contributed by atoms with Crippen LogP contribution in [0.1, 0.15) is 47.5 Å². The van der Waals surface area contributed by atoms with Crippen molar-refractivity contribution in [3.05, 3.63) is 0 Å². The molecule has 0 spiro atoms. The van der Waals surface area contributed by atoms with Gasteiger partial charge in [-0.2, -0.15) is 0 Å². The summed E-state index contributed by atoms with van der Waals surface area (Å²) in [7, 11) is 1.72. The van der Waals surface area contributed by atoms with Gasteiger partial charge in [-0.25, -0.2) is 4.79 Å². The SMILES string of the molecule is CN=C(NCCCOCC1CCOC1)NCC(C)(C)NC(=O)OC(C)(C)C.I. The van der Waals surface area contributed by atoms with E-state index in [-0.39, 0.29) is 24.0 Å². The first-order valence-corrected chi connectivity index (χ1v) is 9.72. The Morgan fingerprint density at radius 1 is 1.21 bits per heavy atom. The van der Waals surface area contributed by atoms with Crippen LogP contribution >= 0.6 is 24.0 Å². The lowest BCUT2D eigenvalue weighted by atomic mass is 10.1. The van der Waals surface area contributed by atoms with Crippen molar-refractivity contribution in [1.29, 1.82) is 0 Å². The molecular weight excluding hydrogens is 475 g/mol. The molecule has 1 fully saturated rings. The molecule has 3 N–H and O–H groups in total. The van der Waals surface area contributed by atoms with Crippen molar-refractivity contribution in [3.63, 3.8) is 0 Å². The monoisotopic (exact) mass is 514 g/mol. The zero-order valence-corrected chi connectivity index (χ0v) is 20.6. The fourth-order valence-corrected chi connectivity index (χ4v) is 2.50. The second-order valence-corrected chi connectivity index (χ2v) is 8.52. The Bertz CT molecular complexity index is 475. The van der Waals surface area contributed by atoms with E-state index < -0.39 is 17.2 Å². The summed E-state index contributed by atoms with van der Waals surface area (Å²) in [6.07, 6.45) is 1.57. The Kier molecular flexibility index (Phi) is 13.0. The molecular formula is C19H39IN4O4. The van der Waals surface area contributed by atoms with Gasteiger partial charge in [-0.3, -0.25) is 4.99 Å². The van der Waals surface area contributed by atoms with Gasteiger partial charge in [0.05, 0.1) is 18.8 Å². The molecule has 0 aromatic rings. The zero-order chi connectivity index (χ0) is 20.3. The Hall–Kier alpha value is -0.810. The third-order valence-electron chi connectivity index (χ3n) is 3.90. The largest absolute Gasteiger partial charge is 0.444 e. The van der Waals surface area contributed by atoms with Gasteiger partial charge >= 0.3 is 6.09 Å². The second-order valence-electron chi connectivity index (χ2n) is 8.52. The number of amides is 1. The van der Waals surface area contributed by atoms with Gasteiger partial charge in [0.25, 0.3) is 0 Å². The molecule has 1 amide bonds. The van der Waals surface area contributed by atoms with Crippen LogP contribution in [0.25, 0.3) is 0 Å². The van der Waals surface area contributed by atoms with Gasteiger partial charge in [0.2, 0.25) is 0 Å². The van der Waals surface area contributed by atoms with E-state index in [1.54, 1.807) is 7.05 Å². The van der Waals surface area contributed by atoms with Gasteiger partial charge in [-0.15, -0.1) is 24.0 Å². The molecule has 0 aromatic carbocycles. The highest BCUT2D eigenvalue weighted by atomic mass is 127. The lowest BCUT2D eigenvalue weighted by Gasteiger charge is -2.29. The molecule has 0 bridgehead atoms. The standard InChI is InChI=1S/C19H38N4O4.HI/c1-18(2,3)27-17(24)23-19(4,5)14-22-16(20-6)21-9-7-10-25-12-15-8-11-26-13-15;/h15H,7-14H2,1-6H3,(H,23,24)(H2,20,21,22);1H. The van der Waals surface area contributed by atoms with Gasteiger partial charge in [-0.05, 0) is 47.5 Å². The fraction of sp³-hybridized carbons (Fsp3) is 0.895. The number of carbonyl (C=O) groups is 1. The number of hydrogen-bond acceptors (Lipinski definition) is 5. The number of aliphatic imine (C=N–C) groups is 1. The van der Waals surface area contributed by atoms with Gasteiger partial charge in [-0.1, -0.05) is 0 Å². The van der Waals surface area contributed by atoms with Crippen LogP contribution < -0.4 is 16.0 Å². The Balaban J connectivity index is 0.00000729. The third-order valence-corrected chi connectivity index (χ3v) is 3.90. The Morgan fingerprint density at radius 3 is 2.50 bits per heavy atom. The maximum absolute atomic E-state index is 11.9. The molecule has 1 rings (SSSR count). The molecule has 1 heterocycles. The minimum atomic E-state index is -0.516. The maximum Gasteiger partial charge on any atom is 0.408 e. The van der Waals surface area contributed by atoms with Crippen LogP contribution in [0.15, 0.2) is 4.99 Å². The molecule has 9 heteroatoms. The van der Waals surface area contributed by atoms with Crippen molar-refractivity contribution >= 4 is 36.0 Å². The van der Waals surface area contributed by atoms with Gasteiger partial charge < -0.3 is 30.2 Å². The first-order valence-electron chi connectivity index (χ1n) is 9.72. The van der Waals surface area contributed by atoms with Gasteiger partial charge in [0.15, 0.2) is 5.96 Å². The highest BCUT2D eigenvalue weighted by molar-refractivity contribution is 14.0. The average molecular weight is 514 g/mol. The smallest absolute Gasteiger partial charge is 0.408 e. The van der Waals surface area contributed by atoms with E-state index in [1.807, 2.05) is 34.6 Å². The number of halogens is 1. The summed E-state index contributed by atoms with van der Waals surface area (Å²) in [5, 5.41) is 9.34. The van der Waals surface area contributed by atoms with Crippen LogP contribution in [0.3, 0.4) is 0 Å². The van der Waals surface area contributed by atoms with Crippen LogP contribution in [0.5, 0.6) is 0 Å². The molecule has 1 atom stereocenters. The van der Waals surface area contributed by atoms with Crippen molar-refractivity contribution in [2.24, 2.45) is 10.9 Å². The number of nitrogens with one attached hydrogen (secondary N) is 3. The molecule has 166 valence electrons. The maximum atomic E-state index is 11.9. The van der Waals surface area contributed by atoms with E-state index in [0.29, 0.717) is 25.0 Å². The Morgan fingerprint density at radius 2 is 1.93 bits per heavy atom. The number of carbonyl (C=O) groups excluding carboxylic acids is 1. The van der Waals surface area contributed by atoms with E-state index in [2.05, 4.69) is 20.9 Å². The predicted molar refractivity (Wildman–Crippen MR) is 123 cm³/mol. The first-order chi connectivity index (χ1) is 12.6. The number of guanidine groups is 1. The lowest BCUT2D eigenvalue weighted by molar-refractivity contribution is 0.0474. The van der Waals surface area contributed by atoms with Crippen LogP contribution in [-0.2, 0) is 14.2 Å². The van der Waals surface area contributed by atoms with Gasteiger partial charge in [0.1, 0.15) is 5.60 Å². The molecule has 0 saturated carbocycles. The van der Waals surface area contributed by atoms with Crippen molar-refractivity contribution in [3.8, 4) is 0 Å². The predicted octanol–water partition coefficient (Wildman–Crippen LogP) is 2.52. The molecule has 28 heavy (non-hydrogen) atoms. The summed E-state index contributed by atoms with van der Waals surface area (Å²) in [5.41, 5.74) is -0.996. The van der Waals surface area contributed by atoms with E-state index in [4.69, 9.17) is 14.2 Å². The minimum absolute atomic E-state index is 0. The van der Waals surface area contributed by atoms with Crippen LogP contribution in [0.4, 0.5) is 4.79 Å². The summed E-state index contributed by atoms with van der Waals surface area (Å²) in [5.74, 6) is 1.24.